The van der Waals surface area contributed by atoms with E-state index in [9.17, 15) is 18.3 Å². The molecule has 0 amide bonds. The van der Waals surface area contributed by atoms with Crippen LogP contribution in [0.1, 0.15) is 18.9 Å². The van der Waals surface area contributed by atoms with E-state index in [1.165, 1.54) is 4.90 Å². The second kappa shape index (κ2) is 4.14. The van der Waals surface area contributed by atoms with Crippen LogP contribution < -0.4 is 4.90 Å². The summed E-state index contributed by atoms with van der Waals surface area (Å²) in [4.78, 5) is 8.57. The van der Waals surface area contributed by atoms with E-state index in [4.69, 9.17) is 0 Å². The summed E-state index contributed by atoms with van der Waals surface area (Å²) in [5.41, 5.74) is -0.860. The van der Waals surface area contributed by atoms with Crippen LogP contribution in [-0.4, -0.2) is 33.8 Å². The molecular formula is C10H12F3N3O. The van der Waals surface area contributed by atoms with Crippen molar-refractivity contribution < 1.29 is 18.3 Å². The van der Waals surface area contributed by atoms with Crippen LogP contribution in [0.5, 0.6) is 0 Å². The summed E-state index contributed by atoms with van der Waals surface area (Å²) >= 11 is 0. The summed E-state index contributed by atoms with van der Waals surface area (Å²) in [5.74, 6) is -0.156. The summed E-state index contributed by atoms with van der Waals surface area (Å²) < 4.78 is 38.3. The lowest BCUT2D eigenvalue weighted by Crippen LogP contribution is -2.30. The maximum Gasteiger partial charge on any atom is 0.421 e. The molecule has 1 aromatic heterocycles. The zero-order valence-corrected chi connectivity index (χ0v) is 9.15. The van der Waals surface area contributed by atoms with Crippen molar-refractivity contribution in [2.75, 3.05) is 11.4 Å². The molecule has 0 aliphatic carbocycles. The molecule has 17 heavy (non-hydrogen) atoms. The number of anilines is 1. The summed E-state index contributed by atoms with van der Waals surface area (Å²) in [6, 6.07) is -0.166. The molecule has 4 nitrogen and oxygen atoms in total. The summed E-state index contributed by atoms with van der Waals surface area (Å²) in [7, 11) is 0. The van der Waals surface area contributed by atoms with Gasteiger partial charge in [0.05, 0.1) is 6.10 Å². The van der Waals surface area contributed by atoms with E-state index in [-0.39, 0.29) is 18.4 Å². The van der Waals surface area contributed by atoms with E-state index < -0.39 is 17.8 Å². The van der Waals surface area contributed by atoms with E-state index in [2.05, 4.69) is 9.97 Å². The van der Waals surface area contributed by atoms with Crippen LogP contribution in [0.4, 0.5) is 19.0 Å². The molecule has 0 aromatic carbocycles. The molecule has 1 aliphatic heterocycles. The highest BCUT2D eigenvalue weighted by atomic mass is 19.4. The first-order chi connectivity index (χ1) is 7.89. The van der Waals surface area contributed by atoms with Crippen molar-refractivity contribution in [3.63, 3.8) is 0 Å². The molecule has 0 spiro atoms. The topological polar surface area (TPSA) is 49.2 Å². The average Bonchev–Trinajstić information content (AvgIpc) is 2.56. The van der Waals surface area contributed by atoms with Crippen LogP contribution in [0.25, 0.3) is 0 Å². The molecule has 0 saturated carbocycles. The van der Waals surface area contributed by atoms with Gasteiger partial charge in [0, 0.05) is 18.8 Å². The fourth-order valence-corrected chi connectivity index (χ4v) is 2.05. The molecule has 0 unspecified atom stereocenters. The maximum absolute atomic E-state index is 12.8. The predicted octanol–water partition coefficient (Wildman–Crippen LogP) is 1.45. The second-order valence-corrected chi connectivity index (χ2v) is 4.15. The third-order valence-corrected chi connectivity index (χ3v) is 2.82. The molecule has 2 atom stereocenters. The molecule has 1 aliphatic rings. The van der Waals surface area contributed by atoms with Crippen molar-refractivity contribution in [1.82, 2.24) is 9.97 Å². The second-order valence-electron chi connectivity index (χ2n) is 4.15. The van der Waals surface area contributed by atoms with Crippen LogP contribution >= 0.6 is 0 Å². The fraction of sp³-hybridized carbons (Fsp3) is 0.600. The molecule has 0 radical (unpaired) electrons. The van der Waals surface area contributed by atoms with E-state index in [0.717, 1.165) is 12.5 Å². The monoisotopic (exact) mass is 247 g/mol. The Morgan fingerprint density at radius 2 is 2.18 bits per heavy atom. The minimum atomic E-state index is -4.48. The standard InChI is InChI=1S/C10H12F3N3O/c1-6-2-7(17)4-16(6)9-8(10(11,12)13)3-14-5-15-9/h3,5-7,17H,2,4H2,1H3/t6-,7-/m0/s1. The van der Waals surface area contributed by atoms with Gasteiger partial charge in [0.15, 0.2) is 0 Å². The Hall–Kier alpha value is -1.37. The minimum Gasteiger partial charge on any atom is -0.391 e. The Labute approximate surface area is 96.1 Å². The van der Waals surface area contributed by atoms with Crippen LogP contribution in [0.2, 0.25) is 0 Å². The Bertz CT molecular complexity index is 410. The molecule has 1 saturated heterocycles. The smallest absolute Gasteiger partial charge is 0.391 e. The molecule has 94 valence electrons. The summed E-state index contributed by atoms with van der Waals surface area (Å²) in [5, 5.41) is 9.46. The number of halogens is 3. The van der Waals surface area contributed by atoms with Gasteiger partial charge in [-0.1, -0.05) is 0 Å². The number of hydrogen-bond acceptors (Lipinski definition) is 4. The number of aromatic nitrogens is 2. The Morgan fingerprint density at radius 3 is 2.71 bits per heavy atom. The van der Waals surface area contributed by atoms with E-state index in [1.54, 1.807) is 6.92 Å². The first-order valence-electron chi connectivity index (χ1n) is 5.21. The Balaban J connectivity index is 2.39. The largest absolute Gasteiger partial charge is 0.421 e. The lowest BCUT2D eigenvalue weighted by molar-refractivity contribution is -0.137. The van der Waals surface area contributed by atoms with Gasteiger partial charge in [-0.25, -0.2) is 9.97 Å². The van der Waals surface area contributed by atoms with Gasteiger partial charge in [-0.15, -0.1) is 0 Å². The Kier molecular flexibility index (Phi) is 2.94. The highest BCUT2D eigenvalue weighted by Gasteiger charge is 2.39. The quantitative estimate of drug-likeness (QED) is 0.816. The van der Waals surface area contributed by atoms with Crippen molar-refractivity contribution in [3.05, 3.63) is 18.1 Å². The van der Waals surface area contributed by atoms with Crippen LogP contribution in [0, 0.1) is 0 Å². The number of rotatable bonds is 1. The lowest BCUT2D eigenvalue weighted by atomic mass is 10.2. The van der Waals surface area contributed by atoms with Gasteiger partial charge < -0.3 is 10.0 Å². The van der Waals surface area contributed by atoms with E-state index >= 15 is 0 Å². The first kappa shape index (κ1) is 12.1. The summed E-state index contributed by atoms with van der Waals surface area (Å²) in [6.07, 6.45) is -2.80. The molecular weight excluding hydrogens is 235 g/mol. The van der Waals surface area contributed by atoms with Gasteiger partial charge in [0.25, 0.3) is 0 Å². The molecule has 1 fully saturated rings. The highest BCUT2D eigenvalue weighted by molar-refractivity contribution is 5.49. The number of aliphatic hydroxyl groups is 1. The van der Waals surface area contributed by atoms with Crippen molar-refractivity contribution in [2.45, 2.75) is 31.7 Å². The molecule has 2 heterocycles. The van der Waals surface area contributed by atoms with Gasteiger partial charge in [0.2, 0.25) is 0 Å². The molecule has 7 heteroatoms. The van der Waals surface area contributed by atoms with Gasteiger partial charge in [-0.2, -0.15) is 13.2 Å². The van der Waals surface area contributed by atoms with E-state index in [0.29, 0.717) is 6.42 Å². The first-order valence-corrected chi connectivity index (χ1v) is 5.21. The number of nitrogens with zero attached hydrogens (tertiary/aromatic N) is 3. The third kappa shape index (κ3) is 2.33. The fourth-order valence-electron chi connectivity index (χ4n) is 2.05. The van der Waals surface area contributed by atoms with Crippen molar-refractivity contribution in [1.29, 1.82) is 0 Å². The van der Waals surface area contributed by atoms with Gasteiger partial charge in [-0.05, 0) is 13.3 Å². The SMILES string of the molecule is C[C@H]1C[C@H](O)CN1c1ncncc1C(F)(F)F. The lowest BCUT2D eigenvalue weighted by Gasteiger charge is -2.24. The van der Waals surface area contributed by atoms with Gasteiger partial charge in [-0.3, -0.25) is 0 Å². The number of aliphatic hydroxyl groups excluding tert-OH is 1. The van der Waals surface area contributed by atoms with Crippen molar-refractivity contribution >= 4 is 5.82 Å². The maximum atomic E-state index is 12.8. The summed E-state index contributed by atoms with van der Waals surface area (Å²) in [6.45, 7) is 1.93. The van der Waals surface area contributed by atoms with Crippen molar-refractivity contribution in [3.8, 4) is 0 Å². The van der Waals surface area contributed by atoms with Gasteiger partial charge in [0.1, 0.15) is 17.7 Å². The molecule has 1 aromatic rings. The van der Waals surface area contributed by atoms with Gasteiger partial charge >= 0.3 is 6.18 Å². The van der Waals surface area contributed by atoms with Crippen LogP contribution in [0.3, 0.4) is 0 Å². The highest BCUT2D eigenvalue weighted by Crippen LogP contribution is 2.36. The van der Waals surface area contributed by atoms with E-state index in [1.807, 2.05) is 0 Å². The predicted molar refractivity (Wildman–Crippen MR) is 54.5 cm³/mol. The average molecular weight is 247 g/mol. The number of β-amino-alcohol motifs (C(OH)–C–C–N with tert-alkyl or cyclic N) is 1. The zero-order chi connectivity index (χ0) is 12.6. The molecule has 2 rings (SSSR count). The number of alkyl halides is 3. The molecule has 1 N–H and O–H groups in total. The minimum absolute atomic E-state index is 0.156. The third-order valence-electron chi connectivity index (χ3n) is 2.82. The Morgan fingerprint density at radius 1 is 1.47 bits per heavy atom. The normalized spacial score (nSPS) is 25.4. The van der Waals surface area contributed by atoms with Crippen molar-refractivity contribution in [2.24, 2.45) is 0 Å². The molecule has 0 bridgehead atoms. The zero-order valence-electron chi connectivity index (χ0n) is 9.15. The number of hydrogen-bond donors (Lipinski definition) is 1. The van der Waals surface area contributed by atoms with Crippen LogP contribution in [-0.2, 0) is 6.18 Å². The van der Waals surface area contributed by atoms with Crippen LogP contribution in [0.15, 0.2) is 12.5 Å².